The van der Waals surface area contributed by atoms with Crippen molar-refractivity contribution in [2.45, 2.75) is 6.54 Å². The van der Waals surface area contributed by atoms with Gasteiger partial charge in [-0.1, -0.05) is 23.2 Å². The molecule has 1 rings (SSSR count). The van der Waals surface area contributed by atoms with E-state index < -0.39 is 0 Å². The first-order valence-electron chi connectivity index (χ1n) is 2.87. The minimum Gasteiger partial charge on any atom is -0.312 e. The van der Waals surface area contributed by atoms with Crippen LogP contribution in [0.5, 0.6) is 0 Å². The Bertz CT molecular complexity index is 304. The molecule has 56 valence electrons. The summed E-state index contributed by atoms with van der Waals surface area (Å²) in [5, 5.41) is 0.852. The molecule has 0 fully saturated rings. The Morgan fingerprint density at radius 1 is 1.55 bits per heavy atom. The molecule has 1 aromatic rings. The molecule has 0 amide bonds. The van der Waals surface area contributed by atoms with Crippen molar-refractivity contribution in [3.63, 3.8) is 0 Å². The minimum absolute atomic E-state index is 0.253. The van der Waals surface area contributed by atoms with Gasteiger partial charge in [-0.05, 0) is 6.07 Å². The van der Waals surface area contributed by atoms with Gasteiger partial charge in [-0.2, -0.15) is 0 Å². The number of rotatable bonds is 1. The second-order valence-electron chi connectivity index (χ2n) is 1.91. The van der Waals surface area contributed by atoms with E-state index in [9.17, 15) is 0 Å². The molecule has 0 aliphatic rings. The Labute approximate surface area is 74.6 Å². The number of aromatic nitrogens is 1. The number of hydrogen-bond acceptors (Lipinski definition) is 1. The fourth-order valence-corrected chi connectivity index (χ4v) is 1.06. The molecule has 0 aliphatic carbocycles. The highest BCUT2D eigenvalue weighted by Crippen LogP contribution is 2.18. The molecule has 4 heteroatoms. The summed E-state index contributed by atoms with van der Waals surface area (Å²) >= 11 is 11.3. The Hall–Kier alpha value is -0.780. The van der Waals surface area contributed by atoms with Crippen molar-refractivity contribution in [3.05, 3.63) is 39.4 Å². The van der Waals surface area contributed by atoms with Crippen LogP contribution in [0.15, 0.2) is 12.3 Å². The van der Waals surface area contributed by atoms with Crippen LogP contribution >= 0.6 is 23.2 Å². The average molecular weight is 187 g/mol. The van der Waals surface area contributed by atoms with E-state index in [0.717, 1.165) is 0 Å². The Balaban J connectivity index is 3.01. The lowest BCUT2D eigenvalue weighted by Crippen LogP contribution is -1.84. The number of hydrogen-bond donors (Lipinski definition) is 0. The van der Waals surface area contributed by atoms with Gasteiger partial charge in [0.05, 0.1) is 10.6 Å². The summed E-state index contributed by atoms with van der Waals surface area (Å²) in [7, 11) is 0. The van der Waals surface area contributed by atoms with Gasteiger partial charge < -0.3 is 4.85 Å². The predicted octanol–water partition coefficient (Wildman–Crippen LogP) is 2.81. The Kier molecular flexibility index (Phi) is 2.70. The van der Waals surface area contributed by atoms with Crippen LogP contribution in [0, 0.1) is 6.57 Å². The molecule has 0 saturated heterocycles. The van der Waals surface area contributed by atoms with Crippen LogP contribution in [0.1, 0.15) is 5.56 Å². The quantitative estimate of drug-likeness (QED) is 0.488. The van der Waals surface area contributed by atoms with Gasteiger partial charge in [0, 0.05) is 6.20 Å². The molecule has 0 atom stereocenters. The normalized spacial score (nSPS) is 9.18. The van der Waals surface area contributed by atoms with Crippen molar-refractivity contribution < 1.29 is 0 Å². The molecule has 11 heavy (non-hydrogen) atoms. The van der Waals surface area contributed by atoms with Crippen LogP contribution in [0.2, 0.25) is 10.2 Å². The first kappa shape index (κ1) is 8.32. The highest BCUT2D eigenvalue weighted by molar-refractivity contribution is 6.34. The molecule has 1 aromatic heterocycles. The van der Waals surface area contributed by atoms with E-state index >= 15 is 0 Å². The number of pyridine rings is 1. The summed E-state index contributed by atoms with van der Waals surface area (Å²) in [6.07, 6.45) is 1.52. The number of nitrogens with zero attached hydrogens (tertiary/aromatic N) is 2. The van der Waals surface area contributed by atoms with Crippen LogP contribution in [0.4, 0.5) is 0 Å². The fourth-order valence-electron chi connectivity index (χ4n) is 0.637. The van der Waals surface area contributed by atoms with E-state index in [1.54, 1.807) is 0 Å². The third kappa shape index (κ3) is 2.07. The lowest BCUT2D eigenvalue weighted by atomic mass is 10.3. The van der Waals surface area contributed by atoms with Gasteiger partial charge >= 0.3 is 0 Å². The minimum atomic E-state index is 0.253. The van der Waals surface area contributed by atoms with Crippen molar-refractivity contribution in [1.82, 2.24) is 4.98 Å². The Morgan fingerprint density at radius 2 is 2.27 bits per heavy atom. The van der Waals surface area contributed by atoms with E-state index in [0.29, 0.717) is 15.7 Å². The number of halogens is 2. The lowest BCUT2D eigenvalue weighted by molar-refractivity contribution is 1.19. The zero-order chi connectivity index (χ0) is 8.27. The second-order valence-corrected chi connectivity index (χ2v) is 2.71. The fraction of sp³-hybridized carbons (Fsp3) is 0.143. The summed E-state index contributed by atoms with van der Waals surface area (Å²) < 4.78 is 0. The highest BCUT2D eigenvalue weighted by Gasteiger charge is 2.02. The van der Waals surface area contributed by atoms with Gasteiger partial charge in [0.1, 0.15) is 5.15 Å². The molecule has 2 nitrogen and oxygen atoms in total. The summed E-state index contributed by atoms with van der Waals surface area (Å²) in [5.41, 5.74) is 0.714. The van der Waals surface area contributed by atoms with Crippen molar-refractivity contribution >= 4 is 23.2 Å². The average Bonchev–Trinajstić information content (AvgIpc) is 1.95. The van der Waals surface area contributed by atoms with E-state index in [-0.39, 0.29) is 6.54 Å². The molecule has 0 bridgehead atoms. The van der Waals surface area contributed by atoms with Gasteiger partial charge in [-0.25, -0.2) is 11.6 Å². The SMILES string of the molecule is [C-]#[N+]Cc1cnc(Cl)cc1Cl. The topological polar surface area (TPSA) is 17.2 Å². The van der Waals surface area contributed by atoms with Gasteiger partial charge in [-0.3, -0.25) is 0 Å². The molecule has 0 aromatic carbocycles. The van der Waals surface area contributed by atoms with Crippen LogP contribution in [0.3, 0.4) is 0 Å². The summed E-state index contributed by atoms with van der Waals surface area (Å²) in [6.45, 7) is 6.85. The monoisotopic (exact) mass is 186 g/mol. The first-order valence-corrected chi connectivity index (χ1v) is 3.63. The maximum absolute atomic E-state index is 6.60. The van der Waals surface area contributed by atoms with Crippen molar-refractivity contribution in [2.75, 3.05) is 0 Å². The first-order chi connectivity index (χ1) is 5.24. The summed E-state index contributed by atoms with van der Waals surface area (Å²) in [4.78, 5) is 6.98. The molecule has 0 spiro atoms. The van der Waals surface area contributed by atoms with Crippen LogP contribution in [0.25, 0.3) is 4.85 Å². The summed E-state index contributed by atoms with van der Waals surface area (Å²) in [5.74, 6) is 0. The smallest absolute Gasteiger partial charge is 0.242 e. The largest absolute Gasteiger partial charge is 0.312 e. The van der Waals surface area contributed by atoms with Gasteiger partial charge in [0.25, 0.3) is 0 Å². The predicted molar refractivity (Wildman–Crippen MR) is 44.6 cm³/mol. The van der Waals surface area contributed by atoms with Crippen molar-refractivity contribution in [2.24, 2.45) is 0 Å². The maximum atomic E-state index is 6.60. The summed E-state index contributed by atoms with van der Waals surface area (Å²) in [6, 6.07) is 1.53. The second kappa shape index (κ2) is 3.56. The van der Waals surface area contributed by atoms with E-state index in [1.807, 2.05) is 0 Å². The van der Waals surface area contributed by atoms with Crippen LogP contribution in [-0.4, -0.2) is 4.98 Å². The Morgan fingerprint density at radius 3 is 2.82 bits per heavy atom. The van der Waals surface area contributed by atoms with Crippen molar-refractivity contribution in [1.29, 1.82) is 0 Å². The van der Waals surface area contributed by atoms with E-state index in [4.69, 9.17) is 29.8 Å². The standard InChI is InChI=1S/C7H4Cl2N2/c1-10-3-5-4-11-7(9)2-6(5)8/h2,4H,3H2. The lowest BCUT2D eigenvalue weighted by Gasteiger charge is -1.95. The molecule has 0 saturated carbocycles. The molecule has 0 aliphatic heterocycles. The third-order valence-corrected chi connectivity index (χ3v) is 1.70. The molecule has 0 unspecified atom stereocenters. The van der Waals surface area contributed by atoms with Crippen LogP contribution in [-0.2, 0) is 6.54 Å². The van der Waals surface area contributed by atoms with E-state index in [2.05, 4.69) is 9.83 Å². The van der Waals surface area contributed by atoms with Crippen molar-refractivity contribution in [3.8, 4) is 0 Å². The highest BCUT2D eigenvalue weighted by atomic mass is 35.5. The maximum Gasteiger partial charge on any atom is 0.242 e. The molecule has 0 radical (unpaired) electrons. The third-order valence-electron chi connectivity index (χ3n) is 1.15. The van der Waals surface area contributed by atoms with Crippen LogP contribution < -0.4 is 0 Å². The molecular formula is C7H4Cl2N2. The zero-order valence-electron chi connectivity index (χ0n) is 5.51. The zero-order valence-corrected chi connectivity index (χ0v) is 7.02. The van der Waals surface area contributed by atoms with E-state index in [1.165, 1.54) is 12.3 Å². The molecule has 0 N–H and O–H groups in total. The van der Waals surface area contributed by atoms with Gasteiger partial charge in [0.15, 0.2) is 0 Å². The van der Waals surface area contributed by atoms with Gasteiger partial charge in [-0.15, -0.1) is 0 Å². The molecule has 1 heterocycles. The van der Waals surface area contributed by atoms with Gasteiger partial charge in [0.2, 0.25) is 6.54 Å². The molecular weight excluding hydrogens is 183 g/mol.